The van der Waals surface area contributed by atoms with Crippen LogP contribution in [0.2, 0.25) is 0 Å². The van der Waals surface area contributed by atoms with Crippen LogP contribution < -0.4 is 15.4 Å². The van der Waals surface area contributed by atoms with E-state index in [2.05, 4.69) is 4.98 Å². The number of anilines is 2. The number of benzene rings is 1. The lowest BCUT2D eigenvalue weighted by Crippen LogP contribution is -2.22. The van der Waals surface area contributed by atoms with Gasteiger partial charge in [-0.2, -0.15) is 0 Å². The molecule has 2 N–H and O–H groups in total. The third kappa shape index (κ3) is 3.24. The lowest BCUT2D eigenvalue weighted by molar-refractivity contribution is 0.413. The standard InChI is InChI=1S/C15H18FN3O/c1-20-14-4-2-10-18-15(14)19(11-3-9-17)13-7-5-12(16)6-8-13/h2,4-8,10H,3,9,11,17H2,1H3. The van der Waals surface area contributed by atoms with E-state index >= 15 is 0 Å². The van der Waals surface area contributed by atoms with E-state index in [-0.39, 0.29) is 5.82 Å². The van der Waals surface area contributed by atoms with Crippen LogP contribution in [0.5, 0.6) is 5.75 Å². The Bertz CT molecular complexity index is 545. The van der Waals surface area contributed by atoms with Gasteiger partial charge in [0.1, 0.15) is 5.82 Å². The molecule has 0 fully saturated rings. The van der Waals surface area contributed by atoms with Gasteiger partial charge in [0.15, 0.2) is 11.6 Å². The SMILES string of the molecule is COc1cccnc1N(CCCN)c1ccc(F)cc1. The molecule has 0 aliphatic heterocycles. The second-order valence-corrected chi connectivity index (χ2v) is 4.30. The smallest absolute Gasteiger partial charge is 0.175 e. The van der Waals surface area contributed by atoms with Gasteiger partial charge in [-0.1, -0.05) is 0 Å². The van der Waals surface area contributed by atoms with E-state index in [9.17, 15) is 4.39 Å². The van der Waals surface area contributed by atoms with E-state index < -0.39 is 0 Å². The zero-order chi connectivity index (χ0) is 14.4. The highest BCUT2D eigenvalue weighted by atomic mass is 19.1. The molecule has 20 heavy (non-hydrogen) atoms. The fraction of sp³-hybridized carbons (Fsp3) is 0.267. The van der Waals surface area contributed by atoms with Gasteiger partial charge in [-0.15, -0.1) is 0 Å². The topological polar surface area (TPSA) is 51.4 Å². The molecule has 0 saturated carbocycles. The van der Waals surface area contributed by atoms with Crippen LogP contribution in [0.3, 0.4) is 0 Å². The van der Waals surface area contributed by atoms with Crippen LogP contribution in [0.1, 0.15) is 6.42 Å². The summed E-state index contributed by atoms with van der Waals surface area (Å²) in [5, 5.41) is 0. The molecular formula is C15H18FN3O. The first-order chi connectivity index (χ1) is 9.76. The average Bonchev–Trinajstić information content (AvgIpc) is 2.50. The highest BCUT2D eigenvalue weighted by Gasteiger charge is 2.15. The predicted molar refractivity (Wildman–Crippen MR) is 77.9 cm³/mol. The number of nitrogens with zero attached hydrogens (tertiary/aromatic N) is 2. The fourth-order valence-corrected chi connectivity index (χ4v) is 1.97. The lowest BCUT2D eigenvalue weighted by atomic mass is 10.2. The molecule has 1 aromatic heterocycles. The molecule has 2 aromatic rings. The maximum atomic E-state index is 13.1. The molecule has 1 aromatic carbocycles. The van der Waals surface area contributed by atoms with Crippen LogP contribution in [0.4, 0.5) is 15.9 Å². The summed E-state index contributed by atoms with van der Waals surface area (Å²) in [5.41, 5.74) is 6.45. The van der Waals surface area contributed by atoms with Crippen LogP contribution in [0.25, 0.3) is 0 Å². The van der Waals surface area contributed by atoms with Gasteiger partial charge in [0, 0.05) is 18.4 Å². The van der Waals surface area contributed by atoms with Crippen LogP contribution in [0.15, 0.2) is 42.6 Å². The number of hydrogen-bond acceptors (Lipinski definition) is 4. The van der Waals surface area contributed by atoms with Crippen molar-refractivity contribution >= 4 is 11.5 Å². The molecule has 0 unspecified atom stereocenters. The number of hydrogen-bond donors (Lipinski definition) is 1. The van der Waals surface area contributed by atoms with E-state index in [1.54, 1.807) is 25.4 Å². The predicted octanol–water partition coefficient (Wildman–Crippen LogP) is 2.72. The third-order valence-electron chi connectivity index (χ3n) is 2.95. The summed E-state index contributed by atoms with van der Waals surface area (Å²) < 4.78 is 18.4. The molecule has 0 aliphatic carbocycles. The quantitative estimate of drug-likeness (QED) is 0.880. The highest BCUT2D eigenvalue weighted by molar-refractivity contribution is 5.65. The maximum Gasteiger partial charge on any atom is 0.175 e. The normalized spacial score (nSPS) is 10.3. The summed E-state index contributed by atoms with van der Waals surface area (Å²) in [6.45, 7) is 1.27. The average molecular weight is 275 g/mol. The van der Waals surface area contributed by atoms with Crippen molar-refractivity contribution < 1.29 is 9.13 Å². The highest BCUT2D eigenvalue weighted by Crippen LogP contribution is 2.31. The Balaban J connectivity index is 2.38. The van der Waals surface area contributed by atoms with E-state index in [0.29, 0.717) is 24.7 Å². The zero-order valence-electron chi connectivity index (χ0n) is 11.4. The van der Waals surface area contributed by atoms with Crippen LogP contribution >= 0.6 is 0 Å². The van der Waals surface area contributed by atoms with Crippen molar-refractivity contribution in [2.45, 2.75) is 6.42 Å². The third-order valence-corrected chi connectivity index (χ3v) is 2.95. The summed E-state index contributed by atoms with van der Waals surface area (Å²) >= 11 is 0. The van der Waals surface area contributed by atoms with E-state index in [4.69, 9.17) is 10.5 Å². The van der Waals surface area contributed by atoms with Crippen LogP contribution in [-0.4, -0.2) is 25.2 Å². The Morgan fingerprint density at radius 3 is 2.65 bits per heavy atom. The van der Waals surface area contributed by atoms with Gasteiger partial charge in [0.25, 0.3) is 0 Å². The van der Waals surface area contributed by atoms with Crippen molar-refractivity contribution in [1.82, 2.24) is 4.98 Å². The summed E-state index contributed by atoms with van der Waals surface area (Å²) in [6, 6.07) is 9.97. The molecule has 0 saturated heterocycles. The van der Waals surface area contributed by atoms with E-state index in [1.165, 1.54) is 12.1 Å². The van der Waals surface area contributed by atoms with Crippen LogP contribution in [-0.2, 0) is 0 Å². The van der Waals surface area contributed by atoms with Crippen molar-refractivity contribution in [2.24, 2.45) is 5.73 Å². The Hall–Kier alpha value is -2.14. The maximum absolute atomic E-state index is 13.1. The van der Waals surface area contributed by atoms with Gasteiger partial charge in [0.05, 0.1) is 7.11 Å². The first kappa shape index (κ1) is 14.3. The molecule has 4 nitrogen and oxygen atoms in total. The lowest BCUT2D eigenvalue weighted by Gasteiger charge is -2.25. The van der Waals surface area contributed by atoms with Gasteiger partial charge in [-0.25, -0.2) is 9.37 Å². The molecular weight excluding hydrogens is 257 g/mol. The molecule has 0 aliphatic rings. The monoisotopic (exact) mass is 275 g/mol. The minimum absolute atomic E-state index is 0.263. The van der Waals surface area contributed by atoms with Gasteiger partial charge in [-0.05, 0) is 49.4 Å². The van der Waals surface area contributed by atoms with Crippen molar-refractivity contribution in [3.8, 4) is 5.75 Å². The minimum Gasteiger partial charge on any atom is -0.493 e. The fourth-order valence-electron chi connectivity index (χ4n) is 1.97. The molecule has 0 radical (unpaired) electrons. The molecule has 0 bridgehead atoms. The number of ether oxygens (including phenoxy) is 1. The number of methoxy groups -OCH3 is 1. The Labute approximate surface area is 118 Å². The second kappa shape index (κ2) is 6.86. The zero-order valence-corrected chi connectivity index (χ0v) is 11.4. The summed E-state index contributed by atoms with van der Waals surface area (Å²) in [4.78, 5) is 6.35. The van der Waals surface area contributed by atoms with Crippen LogP contribution in [0, 0.1) is 5.82 Å². The number of halogens is 1. The minimum atomic E-state index is -0.263. The molecule has 2 rings (SSSR count). The summed E-state index contributed by atoms with van der Waals surface area (Å²) in [6.07, 6.45) is 2.51. The molecule has 5 heteroatoms. The first-order valence-corrected chi connectivity index (χ1v) is 6.48. The first-order valence-electron chi connectivity index (χ1n) is 6.48. The van der Waals surface area contributed by atoms with Crippen molar-refractivity contribution in [2.75, 3.05) is 25.1 Å². The van der Waals surface area contributed by atoms with Gasteiger partial charge in [-0.3, -0.25) is 0 Å². The molecule has 0 atom stereocenters. The Kier molecular flexibility index (Phi) is 4.90. The molecule has 0 amide bonds. The molecule has 106 valence electrons. The van der Waals surface area contributed by atoms with Gasteiger partial charge >= 0.3 is 0 Å². The number of pyridine rings is 1. The summed E-state index contributed by atoms with van der Waals surface area (Å²) in [5.74, 6) is 1.12. The van der Waals surface area contributed by atoms with Crippen molar-refractivity contribution in [3.63, 3.8) is 0 Å². The number of aromatic nitrogens is 1. The largest absolute Gasteiger partial charge is 0.493 e. The Morgan fingerprint density at radius 2 is 2.00 bits per heavy atom. The van der Waals surface area contributed by atoms with Gasteiger partial charge in [0.2, 0.25) is 0 Å². The Morgan fingerprint density at radius 1 is 1.25 bits per heavy atom. The van der Waals surface area contributed by atoms with E-state index in [1.807, 2.05) is 17.0 Å². The second-order valence-electron chi connectivity index (χ2n) is 4.30. The summed E-state index contributed by atoms with van der Waals surface area (Å²) in [7, 11) is 1.60. The number of nitrogens with two attached hydrogens (primary N) is 1. The van der Waals surface area contributed by atoms with Gasteiger partial charge < -0.3 is 15.4 Å². The molecule has 1 heterocycles. The number of rotatable bonds is 6. The van der Waals surface area contributed by atoms with Crippen molar-refractivity contribution in [3.05, 3.63) is 48.4 Å². The van der Waals surface area contributed by atoms with Crippen molar-refractivity contribution in [1.29, 1.82) is 0 Å². The molecule has 0 spiro atoms. The van der Waals surface area contributed by atoms with E-state index in [0.717, 1.165) is 12.1 Å².